The third-order valence-corrected chi connectivity index (χ3v) is 4.72. The second kappa shape index (κ2) is 8.32. The average Bonchev–Trinajstić information content (AvgIpc) is 2.60. The van der Waals surface area contributed by atoms with Gasteiger partial charge in [0.15, 0.2) is 0 Å². The first-order valence-corrected chi connectivity index (χ1v) is 8.89. The van der Waals surface area contributed by atoms with Crippen LogP contribution in [0.5, 0.6) is 0 Å². The predicted molar refractivity (Wildman–Crippen MR) is 98.2 cm³/mol. The number of benzene rings is 2. The van der Waals surface area contributed by atoms with Crippen molar-refractivity contribution in [1.29, 1.82) is 0 Å². The van der Waals surface area contributed by atoms with Crippen molar-refractivity contribution in [2.45, 2.75) is 25.8 Å². The van der Waals surface area contributed by atoms with Gasteiger partial charge in [-0.2, -0.15) is 0 Å². The molecule has 3 nitrogen and oxygen atoms in total. The molecule has 0 aliphatic carbocycles. The summed E-state index contributed by atoms with van der Waals surface area (Å²) in [5.41, 5.74) is 3.99. The first-order chi connectivity index (χ1) is 11.7. The van der Waals surface area contributed by atoms with Gasteiger partial charge in [-0.15, -0.1) is 0 Å². The van der Waals surface area contributed by atoms with Crippen LogP contribution in [0.25, 0.3) is 0 Å². The fourth-order valence-electron chi connectivity index (χ4n) is 3.13. The Kier molecular flexibility index (Phi) is 5.89. The van der Waals surface area contributed by atoms with E-state index < -0.39 is 0 Å². The number of fused-ring (bicyclic) bond motifs is 1. The third kappa shape index (κ3) is 4.83. The van der Waals surface area contributed by atoms with Gasteiger partial charge in [0.05, 0.1) is 0 Å². The van der Waals surface area contributed by atoms with Crippen LogP contribution < -0.4 is 5.32 Å². The molecule has 0 saturated carbocycles. The lowest BCUT2D eigenvalue weighted by molar-refractivity contribution is -0.121. The summed E-state index contributed by atoms with van der Waals surface area (Å²) in [6.07, 6.45) is 2.44. The van der Waals surface area contributed by atoms with E-state index in [0.717, 1.165) is 43.1 Å². The largest absolute Gasteiger partial charge is 0.356 e. The standard InChI is InChI=1S/C20H23ClN2O/c21-19-7-3-4-16(14-19)8-11-22-20(24)10-13-23-12-9-17-5-1-2-6-18(17)15-23/h1-7,14H,8-13,15H2,(H,22,24). The number of halogens is 1. The molecule has 0 bridgehead atoms. The zero-order chi connectivity index (χ0) is 16.8. The van der Waals surface area contributed by atoms with Crippen molar-refractivity contribution in [3.05, 3.63) is 70.2 Å². The molecule has 0 saturated heterocycles. The third-order valence-electron chi connectivity index (χ3n) is 4.49. The van der Waals surface area contributed by atoms with Crippen LogP contribution in [-0.4, -0.2) is 30.4 Å². The monoisotopic (exact) mass is 342 g/mol. The van der Waals surface area contributed by atoms with Gasteiger partial charge in [0.2, 0.25) is 5.91 Å². The van der Waals surface area contributed by atoms with Gasteiger partial charge in [-0.3, -0.25) is 9.69 Å². The second-order valence-electron chi connectivity index (χ2n) is 6.27. The molecule has 1 heterocycles. The minimum atomic E-state index is 0.121. The van der Waals surface area contributed by atoms with E-state index in [2.05, 4.69) is 34.5 Å². The van der Waals surface area contributed by atoms with E-state index in [1.54, 1.807) is 0 Å². The summed E-state index contributed by atoms with van der Waals surface area (Å²) >= 11 is 5.97. The van der Waals surface area contributed by atoms with Crippen LogP contribution in [0, 0.1) is 0 Å². The molecule has 1 N–H and O–H groups in total. The highest BCUT2D eigenvalue weighted by molar-refractivity contribution is 6.30. The maximum atomic E-state index is 12.0. The smallest absolute Gasteiger partial charge is 0.221 e. The molecule has 2 aromatic rings. The van der Waals surface area contributed by atoms with E-state index in [4.69, 9.17) is 11.6 Å². The molecule has 0 radical (unpaired) electrons. The Balaban J connectivity index is 1.37. The number of carbonyl (C=O) groups is 1. The Morgan fingerprint density at radius 2 is 1.96 bits per heavy atom. The average molecular weight is 343 g/mol. The molecule has 0 atom stereocenters. The molecule has 1 aliphatic heterocycles. The summed E-state index contributed by atoms with van der Waals surface area (Å²) < 4.78 is 0. The SMILES string of the molecule is O=C(CCN1CCc2ccccc2C1)NCCc1cccc(Cl)c1. The number of amides is 1. The van der Waals surface area contributed by atoms with E-state index >= 15 is 0 Å². The van der Waals surface area contributed by atoms with Gasteiger partial charge >= 0.3 is 0 Å². The summed E-state index contributed by atoms with van der Waals surface area (Å²) in [4.78, 5) is 14.4. The summed E-state index contributed by atoms with van der Waals surface area (Å²) in [7, 11) is 0. The lowest BCUT2D eigenvalue weighted by atomic mass is 10.00. The van der Waals surface area contributed by atoms with Crippen LogP contribution in [0.2, 0.25) is 5.02 Å². The molecule has 0 aromatic heterocycles. The minimum Gasteiger partial charge on any atom is -0.356 e. The molecular formula is C20H23ClN2O. The van der Waals surface area contributed by atoms with Gasteiger partial charge in [-0.25, -0.2) is 0 Å². The molecule has 0 spiro atoms. The van der Waals surface area contributed by atoms with E-state index in [1.807, 2.05) is 24.3 Å². The minimum absolute atomic E-state index is 0.121. The first-order valence-electron chi connectivity index (χ1n) is 8.51. The van der Waals surface area contributed by atoms with Gasteiger partial charge in [-0.1, -0.05) is 48.0 Å². The fourth-order valence-corrected chi connectivity index (χ4v) is 3.34. The van der Waals surface area contributed by atoms with E-state index in [1.165, 1.54) is 11.1 Å². The van der Waals surface area contributed by atoms with Crippen molar-refractivity contribution in [2.24, 2.45) is 0 Å². The van der Waals surface area contributed by atoms with Gasteiger partial charge in [0.1, 0.15) is 0 Å². The van der Waals surface area contributed by atoms with Gasteiger partial charge < -0.3 is 5.32 Å². The zero-order valence-corrected chi connectivity index (χ0v) is 14.6. The number of hydrogen-bond donors (Lipinski definition) is 1. The number of carbonyl (C=O) groups excluding carboxylic acids is 1. The van der Waals surface area contributed by atoms with Gasteiger partial charge in [0.25, 0.3) is 0 Å². The molecule has 0 unspecified atom stereocenters. The van der Waals surface area contributed by atoms with Crippen LogP contribution in [0.3, 0.4) is 0 Å². The van der Waals surface area contributed by atoms with Crippen LogP contribution >= 0.6 is 11.6 Å². The van der Waals surface area contributed by atoms with Gasteiger partial charge in [0, 0.05) is 37.6 Å². The van der Waals surface area contributed by atoms with Crippen molar-refractivity contribution >= 4 is 17.5 Å². The fraction of sp³-hybridized carbons (Fsp3) is 0.350. The molecule has 1 aliphatic rings. The lowest BCUT2D eigenvalue weighted by Crippen LogP contribution is -2.35. The first kappa shape index (κ1) is 17.0. The number of rotatable bonds is 6. The van der Waals surface area contributed by atoms with Gasteiger partial charge in [-0.05, 0) is 41.7 Å². The van der Waals surface area contributed by atoms with Crippen LogP contribution in [-0.2, 0) is 24.2 Å². The topological polar surface area (TPSA) is 32.3 Å². The highest BCUT2D eigenvalue weighted by Gasteiger charge is 2.16. The van der Waals surface area contributed by atoms with Crippen molar-refractivity contribution in [3.8, 4) is 0 Å². The maximum Gasteiger partial charge on any atom is 0.221 e. The quantitative estimate of drug-likeness (QED) is 0.872. The summed E-state index contributed by atoms with van der Waals surface area (Å²) in [5, 5.41) is 3.74. The number of hydrogen-bond acceptors (Lipinski definition) is 2. The molecular weight excluding hydrogens is 320 g/mol. The number of nitrogens with zero attached hydrogens (tertiary/aromatic N) is 1. The predicted octanol–water partition coefficient (Wildman–Crippen LogP) is 3.45. The highest BCUT2D eigenvalue weighted by atomic mass is 35.5. The lowest BCUT2D eigenvalue weighted by Gasteiger charge is -2.28. The van der Waals surface area contributed by atoms with Crippen LogP contribution in [0.15, 0.2) is 48.5 Å². The Morgan fingerprint density at radius 1 is 1.12 bits per heavy atom. The maximum absolute atomic E-state index is 12.0. The second-order valence-corrected chi connectivity index (χ2v) is 6.71. The van der Waals surface area contributed by atoms with Crippen molar-refractivity contribution < 1.29 is 4.79 Å². The summed E-state index contributed by atoms with van der Waals surface area (Å²) in [6.45, 7) is 3.46. The molecule has 3 rings (SSSR count). The normalized spacial score (nSPS) is 14.2. The summed E-state index contributed by atoms with van der Waals surface area (Å²) in [5.74, 6) is 0.121. The summed E-state index contributed by atoms with van der Waals surface area (Å²) in [6, 6.07) is 16.4. The molecule has 2 aromatic carbocycles. The van der Waals surface area contributed by atoms with Crippen LogP contribution in [0.1, 0.15) is 23.1 Å². The van der Waals surface area contributed by atoms with Crippen molar-refractivity contribution in [1.82, 2.24) is 10.2 Å². The van der Waals surface area contributed by atoms with Crippen molar-refractivity contribution in [2.75, 3.05) is 19.6 Å². The molecule has 24 heavy (non-hydrogen) atoms. The molecule has 0 fully saturated rings. The Bertz CT molecular complexity index is 702. The zero-order valence-electron chi connectivity index (χ0n) is 13.8. The Morgan fingerprint density at radius 3 is 2.79 bits per heavy atom. The van der Waals surface area contributed by atoms with E-state index in [-0.39, 0.29) is 5.91 Å². The number of nitrogens with one attached hydrogen (secondary N) is 1. The molecule has 1 amide bonds. The molecule has 4 heteroatoms. The van der Waals surface area contributed by atoms with E-state index in [9.17, 15) is 4.79 Å². The van der Waals surface area contributed by atoms with Crippen molar-refractivity contribution in [3.63, 3.8) is 0 Å². The van der Waals surface area contributed by atoms with Crippen LogP contribution in [0.4, 0.5) is 0 Å². The van der Waals surface area contributed by atoms with E-state index in [0.29, 0.717) is 13.0 Å². The molecule has 126 valence electrons. The Hall–Kier alpha value is -1.84. The Labute approximate surface area is 148 Å². The highest BCUT2D eigenvalue weighted by Crippen LogP contribution is 2.18.